The van der Waals surface area contributed by atoms with Gasteiger partial charge in [0.2, 0.25) is 5.91 Å². The Morgan fingerprint density at radius 1 is 1.22 bits per heavy atom. The quantitative estimate of drug-likeness (QED) is 0.893. The van der Waals surface area contributed by atoms with E-state index in [0.29, 0.717) is 18.4 Å². The van der Waals surface area contributed by atoms with E-state index in [1.807, 2.05) is 40.7 Å². The standard InChI is InChI=1S/C16H20N4O.2ClH/c1-11-18-14-4-2-3-5-15(14)20(11)10-16(21)19-8-12-6-17-7-13(12)9-19;;/h2-5,12-13,17H,6-10H2,1H3;2*1H/t12-,13+;;. The summed E-state index contributed by atoms with van der Waals surface area (Å²) in [6.07, 6.45) is 0. The predicted molar refractivity (Wildman–Crippen MR) is 95.4 cm³/mol. The topological polar surface area (TPSA) is 50.2 Å². The monoisotopic (exact) mass is 356 g/mol. The van der Waals surface area contributed by atoms with Gasteiger partial charge in [-0.15, -0.1) is 24.8 Å². The van der Waals surface area contributed by atoms with Crippen LogP contribution in [0.1, 0.15) is 5.82 Å². The SMILES string of the molecule is Cc1nc2ccccc2n1CC(=O)N1C[C@H]2CNC[C@H]2C1.Cl.Cl. The molecule has 0 unspecified atom stereocenters. The number of para-hydroxylation sites is 2. The second-order valence-corrected chi connectivity index (χ2v) is 6.21. The van der Waals surface area contributed by atoms with Crippen LogP contribution in [-0.2, 0) is 11.3 Å². The van der Waals surface area contributed by atoms with Gasteiger partial charge in [0, 0.05) is 26.2 Å². The van der Waals surface area contributed by atoms with E-state index in [2.05, 4.69) is 10.3 Å². The van der Waals surface area contributed by atoms with E-state index < -0.39 is 0 Å². The van der Waals surface area contributed by atoms with Crippen LogP contribution < -0.4 is 5.32 Å². The molecule has 5 nitrogen and oxygen atoms in total. The number of nitrogens with one attached hydrogen (secondary N) is 1. The highest BCUT2D eigenvalue weighted by atomic mass is 35.5. The number of nitrogens with zero attached hydrogens (tertiary/aromatic N) is 3. The average Bonchev–Trinajstić information content (AvgIpc) is 3.12. The molecule has 2 aliphatic heterocycles. The number of imidazole rings is 1. The number of hydrogen-bond donors (Lipinski definition) is 1. The summed E-state index contributed by atoms with van der Waals surface area (Å²) in [5, 5.41) is 3.41. The van der Waals surface area contributed by atoms with E-state index >= 15 is 0 Å². The molecule has 0 spiro atoms. The molecule has 23 heavy (non-hydrogen) atoms. The third-order valence-electron chi connectivity index (χ3n) is 4.88. The zero-order valence-electron chi connectivity index (χ0n) is 13.1. The normalized spacial score (nSPS) is 22.6. The molecule has 1 amide bonds. The van der Waals surface area contributed by atoms with E-state index in [-0.39, 0.29) is 30.7 Å². The summed E-state index contributed by atoms with van der Waals surface area (Å²) in [6.45, 7) is 6.29. The number of benzene rings is 1. The van der Waals surface area contributed by atoms with Gasteiger partial charge < -0.3 is 14.8 Å². The highest BCUT2D eigenvalue weighted by Crippen LogP contribution is 2.26. The van der Waals surface area contributed by atoms with Gasteiger partial charge in [0.1, 0.15) is 12.4 Å². The van der Waals surface area contributed by atoms with Crippen molar-refractivity contribution >= 4 is 41.8 Å². The number of likely N-dealkylation sites (tertiary alicyclic amines) is 1. The summed E-state index contributed by atoms with van der Waals surface area (Å²) in [5.41, 5.74) is 2.01. The Balaban J connectivity index is 0.000000960. The molecule has 1 aromatic carbocycles. The Bertz CT molecular complexity index is 690. The van der Waals surface area contributed by atoms with Crippen LogP contribution in [0.15, 0.2) is 24.3 Å². The van der Waals surface area contributed by atoms with Crippen LogP contribution in [0, 0.1) is 18.8 Å². The van der Waals surface area contributed by atoms with Crippen LogP contribution in [0.3, 0.4) is 0 Å². The predicted octanol–water partition coefficient (Wildman–Crippen LogP) is 1.87. The molecule has 7 heteroatoms. The van der Waals surface area contributed by atoms with Crippen molar-refractivity contribution in [1.82, 2.24) is 19.8 Å². The lowest BCUT2D eigenvalue weighted by molar-refractivity contribution is -0.131. The molecule has 0 aliphatic carbocycles. The number of aryl methyl sites for hydroxylation is 1. The van der Waals surface area contributed by atoms with E-state index in [1.165, 1.54) is 0 Å². The number of aromatic nitrogens is 2. The molecule has 1 aromatic heterocycles. The van der Waals surface area contributed by atoms with Crippen molar-refractivity contribution < 1.29 is 4.79 Å². The molecule has 3 heterocycles. The van der Waals surface area contributed by atoms with Crippen molar-refractivity contribution in [3.63, 3.8) is 0 Å². The fourth-order valence-corrected chi connectivity index (χ4v) is 3.69. The minimum Gasteiger partial charge on any atom is -0.340 e. The highest BCUT2D eigenvalue weighted by Gasteiger charge is 2.38. The molecule has 0 saturated carbocycles. The smallest absolute Gasteiger partial charge is 0.242 e. The fourth-order valence-electron chi connectivity index (χ4n) is 3.69. The maximum Gasteiger partial charge on any atom is 0.242 e. The maximum atomic E-state index is 12.6. The van der Waals surface area contributed by atoms with Crippen molar-refractivity contribution in [2.24, 2.45) is 11.8 Å². The maximum absolute atomic E-state index is 12.6. The van der Waals surface area contributed by atoms with Gasteiger partial charge in [0.05, 0.1) is 11.0 Å². The molecule has 126 valence electrons. The second-order valence-electron chi connectivity index (χ2n) is 6.21. The van der Waals surface area contributed by atoms with Crippen molar-refractivity contribution in [3.8, 4) is 0 Å². The summed E-state index contributed by atoms with van der Waals surface area (Å²) in [5.74, 6) is 2.42. The van der Waals surface area contributed by atoms with Gasteiger partial charge in [-0.05, 0) is 30.9 Å². The molecular formula is C16H22Cl2N4O. The lowest BCUT2D eigenvalue weighted by atomic mass is 10.0. The number of halogens is 2. The van der Waals surface area contributed by atoms with Crippen LogP contribution in [0.2, 0.25) is 0 Å². The minimum absolute atomic E-state index is 0. The molecule has 0 radical (unpaired) electrons. The van der Waals surface area contributed by atoms with Crippen LogP contribution in [0.5, 0.6) is 0 Å². The Morgan fingerprint density at radius 2 is 1.87 bits per heavy atom. The van der Waals surface area contributed by atoms with Gasteiger partial charge in [0.15, 0.2) is 0 Å². The summed E-state index contributed by atoms with van der Waals surface area (Å²) in [7, 11) is 0. The average molecular weight is 357 g/mol. The minimum atomic E-state index is 0. The summed E-state index contributed by atoms with van der Waals surface area (Å²) in [6, 6.07) is 8.01. The van der Waals surface area contributed by atoms with Crippen molar-refractivity contribution in [1.29, 1.82) is 0 Å². The van der Waals surface area contributed by atoms with Crippen molar-refractivity contribution in [3.05, 3.63) is 30.1 Å². The van der Waals surface area contributed by atoms with Gasteiger partial charge in [-0.25, -0.2) is 4.98 Å². The lowest BCUT2D eigenvalue weighted by Crippen LogP contribution is -2.34. The molecule has 2 fully saturated rings. The molecular weight excluding hydrogens is 335 g/mol. The van der Waals surface area contributed by atoms with Gasteiger partial charge in [-0.1, -0.05) is 12.1 Å². The summed E-state index contributed by atoms with van der Waals surface area (Å²) in [4.78, 5) is 19.2. The highest BCUT2D eigenvalue weighted by molar-refractivity contribution is 5.85. The first-order chi connectivity index (χ1) is 10.2. The second kappa shape index (κ2) is 7.07. The van der Waals surface area contributed by atoms with E-state index in [4.69, 9.17) is 0 Å². The van der Waals surface area contributed by atoms with Crippen molar-refractivity contribution in [2.75, 3.05) is 26.2 Å². The third kappa shape index (κ3) is 3.18. The number of rotatable bonds is 2. The van der Waals surface area contributed by atoms with E-state index in [1.54, 1.807) is 0 Å². The van der Waals surface area contributed by atoms with Crippen LogP contribution in [0.4, 0.5) is 0 Å². The third-order valence-corrected chi connectivity index (χ3v) is 4.88. The molecule has 2 atom stereocenters. The van der Waals surface area contributed by atoms with Crippen LogP contribution >= 0.6 is 24.8 Å². The zero-order valence-corrected chi connectivity index (χ0v) is 14.7. The number of amides is 1. The zero-order chi connectivity index (χ0) is 14.4. The first-order valence-corrected chi connectivity index (χ1v) is 7.63. The number of carbonyl (C=O) groups is 1. The van der Waals surface area contributed by atoms with Crippen LogP contribution in [0.25, 0.3) is 11.0 Å². The number of hydrogen-bond acceptors (Lipinski definition) is 3. The van der Waals surface area contributed by atoms with Gasteiger partial charge in [0.25, 0.3) is 0 Å². The molecule has 2 aromatic rings. The molecule has 4 rings (SSSR count). The number of carbonyl (C=O) groups excluding carboxylic acids is 1. The lowest BCUT2D eigenvalue weighted by Gasteiger charge is -2.18. The van der Waals surface area contributed by atoms with Crippen molar-refractivity contribution in [2.45, 2.75) is 13.5 Å². The Labute approximate surface area is 148 Å². The van der Waals surface area contributed by atoms with Gasteiger partial charge in [-0.3, -0.25) is 4.79 Å². The summed E-state index contributed by atoms with van der Waals surface area (Å²) < 4.78 is 2.03. The van der Waals surface area contributed by atoms with Gasteiger partial charge in [-0.2, -0.15) is 0 Å². The van der Waals surface area contributed by atoms with Crippen LogP contribution in [-0.4, -0.2) is 46.5 Å². The van der Waals surface area contributed by atoms with E-state index in [0.717, 1.165) is 43.0 Å². The first kappa shape index (κ1) is 18.0. The fraction of sp³-hybridized carbons (Fsp3) is 0.500. The molecule has 2 saturated heterocycles. The first-order valence-electron chi connectivity index (χ1n) is 7.63. The largest absolute Gasteiger partial charge is 0.340 e. The Kier molecular flexibility index (Phi) is 5.55. The molecule has 0 bridgehead atoms. The van der Waals surface area contributed by atoms with E-state index in [9.17, 15) is 4.79 Å². The number of fused-ring (bicyclic) bond motifs is 2. The Hall–Kier alpha value is -1.30. The Morgan fingerprint density at radius 3 is 2.57 bits per heavy atom. The molecule has 1 N–H and O–H groups in total. The van der Waals surface area contributed by atoms with Gasteiger partial charge >= 0.3 is 0 Å². The molecule has 2 aliphatic rings. The summed E-state index contributed by atoms with van der Waals surface area (Å²) >= 11 is 0.